The Labute approximate surface area is 117 Å². The lowest BCUT2D eigenvalue weighted by molar-refractivity contribution is -0.108. The maximum Gasteiger partial charge on any atom is 0.140 e. The molecule has 0 bridgehead atoms. The summed E-state index contributed by atoms with van der Waals surface area (Å²) in [4.78, 5) is 10.7. The van der Waals surface area contributed by atoms with Crippen LogP contribution in [0.3, 0.4) is 0 Å². The molecule has 4 heteroatoms. The quantitative estimate of drug-likeness (QED) is 0.751. The van der Waals surface area contributed by atoms with Gasteiger partial charge in [-0.05, 0) is 45.5 Å². The van der Waals surface area contributed by atoms with E-state index in [9.17, 15) is 4.79 Å². The molecular formula is C14H19BrO3. The smallest absolute Gasteiger partial charge is 0.140 e. The molecule has 0 spiro atoms. The molecule has 100 valence electrons. The Bertz CT molecular complexity index is 430. The number of ether oxygens (including phenoxy) is 2. The summed E-state index contributed by atoms with van der Waals surface area (Å²) in [6.07, 6.45) is 2.29. The fraction of sp³-hybridized carbons (Fsp3) is 0.500. The Hall–Kier alpha value is -1.03. The van der Waals surface area contributed by atoms with E-state index in [0.29, 0.717) is 6.42 Å². The lowest BCUT2D eigenvalue weighted by Crippen LogP contribution is -2.03. The van der Waals surface area contributed by atoms with Crippen molar-refractivity contribution in [2.24, 2.45) is 0 Å². The van der Waals surface area contributed by atoms with Crippen LogP contribution in [-0.2, 0) is 11.2 Å². The molecule has 0 aliphatic heterocycles. The molecular weight excluding hydrogens is 296 g/mol. The molecule has 0 heterocycles. The second kappa shape index (κ2) is 6.78. The monoisotopic (exact) mass is 314 g/mol. The molecule has 1 aromatic rings. The highest BCUT2D eigenvalue weighted by Crippen LogP contribution is 2.43. The van der Waals surface area contributed by atoms with Gasteiger partial charge in [0.1, 0.15) is 22.3 Å². The van der Waals surface area contributed by atoms with Crippen molar-refractivity contribution in [3.05, 3.63) is 21.7 Å². The number of rotatable bonds is 6. The van der Waals surface area contributed by atoms with Crippen LogP contribution in [0, 0.1) is 0 Å². The molecule has 1 aromatic carbocycles. The van der Waals surface area contributed by atoms with Gasteiger partial charge in [-0.25, -0.2) is 0 Å². The molecule has 1 atom stereocenters. The number of hydrogen-bond donors (Lipinski definition) is 0. The van der Waals surface area contributed by atoms with Gasteiger partial charge in [-0.3, -0.25) is 0 Å². The van der Waals surface area contributed by atoms with Crippen molar-refractivity contribution in [2.45, 2.75) is 32.6 Å². The van der Waals surface area contributed by atoms with Crippen molar-refractivity contribution >= 4 is 22.2 Å². The van der Waals surface area contributed by atoms with E-state index in [2.05, 4.69) is 28.9 Å². The summed E-state index contributed by atoms with van der Waals surface area (Å²) in [6, 6.07) is 2.07. The molecule has 18 heavy (non-hydrogen) atoms. The Kier molecular flexibility index (Phi) is 5.66. The van der Waals surface area contributed by atoms with E-state index < -0.39 is 0 Å². The fourth-order valence-electron chi connectivity index (χ4n) is 2.02. The van der Waals surface area contributed by atoms with E-state index in [1.165, 1.54) is 0 Å². The fourth-order valence-corrected chi connectivity index (χ4v) is 2.83. The first-order valence-electron chi connectivity index (χ1n) is 5.97. The van der Waals surface area contributed by atoms with E-state index in [-0.39, 0.29) is 5.92 Å². The maximum absolute atomic E-state index is 10.7. The average Bonchev–Trinajstić information content (AvgIpc) is 2.37. The van der Waals surface area contributed by atoms with E-state index >= 15 is 0 Å². The van der Waals surface area contributed by atoms with Crippen molar-refractivity contribution in [1.82, 2.24) is 0 Å². The average molecular weight is 315 g/mol. The Balaban J connectivity index is 3.41. The highest BCUT2D eigenvalue weighted by Gasteiger charge is 2.20. The van der Waals surface area contributed by atoms with Gasteiger partial charge in [-0.15, -0.1) is 0 Å². The molecule has 3 nitrogen and oxygen atoms in total. The first kappa shape index (κ1) is 15.0. The van der Waals surface area contributed by atoms with Gasteiger partial charge < -0.3 is 14.3 Å². The number of aryl methyl sites for hydroxylation is 1. The van der Waals surface area contributed by atoms with Crippen molar-refractivity contribution in [1.29, 1.82) is 0 Å². The number of methoxy groups -OCH3 is 2. The summed E-state index contributed by atoms with van der Waals surface area (Å²) >= 11 is 3.53. The van der Waals surface area contributed by atoms with Crippen LogP contribution in [0.4, 0.5) is 0 Å². The zero-order valence-electron chi connectivity index (χ0n) is 11.2. The number of carbonyl (C=O) groups excluding carboxylic acids is 1. The zero-order valence-corrected chi connectivity index (χ0v) is 12.8. The van der Waals surface area contributed by atoms with Gasteiger partial charge in [-0.1, -0.05) is 13.8 Å². The molecule has 0 aromatic heterocycles. The van der Waals surface area contributed by atoms with Crippen LogP contribution >= 0.6 is 15.9 Å². The SMILES string of the molecule is CCc1cc(C(C)CC=O)c(OC)c(Br)c1OC. The van der Waals surface area contributed by atoms with Gasteiger partial charge in [0.25, 0.3) is 0 Å². The lowest BCUT2D eigenvalue weighted by Gasteiger charge is -2.19. The van der Waals surface area contributed by atoms with Crippen LogP contribution in [-0.4, -0.2) is 20.5 Å². The predicted octanol–water partition coefficient (Wildman–Crippen LogP) is 3.72. The summed E-state index contributed by atoms with van der Waals surface area (Å²) in [5.41, 5.74) is 2.15. The molecule has 0 saturated carbocycles. The van der Waals surface area contributed by atoms with E-state index in [1.54, 1.807) is 14.2 Å². The number of aldehydes is 1. The largest absolute Gasteiger partial charge is 0.495 e. The topological polar surface area (TPSA) is 35.5 Å². The summed E-state index contributed by atoms with van der Waals surface area (Å²) in [7, 11) is 3.27. The molecule has 0 aliphatic rings. The molecule has 0 N–H and O–H groups in total. The molecule has 1 unspecified atom stereocenters. The first-order chi connectivity index (χ1) is 8.60. The zero-order chi connectivity index (χ0) is 13.7. The number of benzene rings is 1. The first-order valence-corrected chi connectivity index (χ1v) is 6.76. The Morgan fingerprint density at radius 1 is 1.33 bits per heavy atom. The second-order valence-corrected chi connectivity index (χ2v) is 4.96. The third-order valence-corrected chi connectivity index (χ3v) is 3.77. The van der Waals surface area contributed by atoms with Gasteiger partial charge in [-0.2, -0.15) is 0 Å². The Morgan fingerprint density at radius 2 is 1.94 bits per heavy atom. The highest BCUT2D eigenvalue weighted by molar-refractivity contribution is 9.10. The third kappa shape index (κ3) is 2.86. The second-order valence-electron chi connectivity index (χ2n) is 4.16. The van der Waals surface area contributed by atoms with Gasteiger partial charge in [0, 0.05) is 6.42 Å². The standard InChI is InChI=1S/C14H19BrO3/c1-5-10-8-11(9(2)6-7-16)14(18-4)12(15)13(10)17-3/h7-9H,5-6H2,1-4H3. The van der Waals surface area contributed by atoms with Gasteiger partial charge in [0.05, 0.1) is 14.2 Å². The minimum absolute atomic E-state index is 0.130. The molecule has 1 rings (SSSR count). The predicted molar refractivity (Wildman–Crippen MR) is 75.7 cm³/mol. The van der Waals surface area contributed by atoms with Crippen LogP contribution in [0.15, 0.2) is 10.5 Å². The van der Waals surface area contributed by atoms with Crippen molar-refractivity contribution in [2.75, 3.05) is 14.2 Å². The van der Waals surface area contributed by atoms with Gasteiger partial charge >= 0.3 is 0 Å². The number of hydrogen-bond acceptors (Lipinski definition) is 3. The number of carbonyl (C=O) groups is 1. The van der Waals surface area contributed by atoms with Gasteiger partial charge in [0.15, 0.2) is 0 Å². The van der Waals surface area contributed by atoms with Gasteiger partial charge in [0.2, 0.25) is 0 Å². The molecule has 0 fully saturated rings. The van der Waals surface area contributed by atoms with Crippen molar-refractivity contribution in [3.63, 3.8) is 0 Å². The maximum atomic E-state index is 10.7. The summed E-state index contributed by atoms with van der Waals surface area (Å²) in [5, 5.41) is 0. The molecule has 0 saturated heterocycles. The van der Waals surface area contributed by atoms with E-state index in [0.717, 1.165) is 39.8 Å². The molecule has 0 aliphatic carbocycles. The van der Waals surface area contributed by atoms with Crippen LogP contribution in [0.5, 0.6) is 11.5 Å². The number of halogens is 1. The van der Waals surface area contributed by atoms with Crippen LogP contribution < -0.4 is 9.47 Å². The summed E-state index contributed by atoms with van der Waals surface area (Å²) in [5.74, 6) is 1.68. The van der Waals surface area contributed by atoms with Crippen molar-refractivity contribution in [3.8, 4) is 11.5 Å². The van der Waals surface area contributed by atoms with E-state index in [4.69, 9.17) is 9.47 Å². The third-order valence-electron chi connectivity index (χ3n) is 3.05. The van der Waals surface area contributed by atoms with Crippen LogP contribution in [0.25, 0.3) is 0 Å². The van der Waals surface area contributed by atoms with Crippen molar-refractivity contribution < 1.29 is 14.3 Å². The molecule has 0 amide bonds. The lowest BCUT2D eigenvalue weighted by atomic mass is 9.94. The normalized spacial score (nSPS) is 12.1. The minimum atomic E-state index is 0.130. The molecule has 0 radical (unpaired) electrons. The minimum Gasteiger partial charge on any atom is -0.495 e. The Morgan fingerprint density at radius 3 is 2.39 bits per heavy atom. The van der Waals surface area contributed by atoms with Crippen LogP contribution in [0.1, 0.15) is 37.3 Å². The summed E-state index contributed by atoms with van der Waals surface area (Å²) in [6.45, 7) is 4.09. The van der Waals surface area contributed by atoms with E-state index in [1.807, 2.05) is 6.92 Å². The highest BCUT2D eigenvalue weighted by atomic mass is 79.9. The summed E-state index contributed by atoms with van der Waals surface area (Å²) < 4.78 is 11.7. The van der Waals surface area contributed by atoms with Crippen LogP contribution in [0.2, 0.25) is 0 Å².